The molecule has 3 aromatic rings. The Balaban J connectivity index is 1.89. The van der Waals surface area contributed by atoms with Crippen molar-refractivity contribution in [2.45, 2.75) is 25.6 Å². The second-order valence-corrected chi connectivity index (χ2v) is 8.58. The van der Waals surface area contributed by atoms with Gasteiger partial charge in [-0.25, -0.2) is 8.42 Å². The van der Waals surface area contributed by atoms with E-state index in [2.05, 4.69) is 4.72 Å². The maximum absolute atomic E-state index is 12.3. The molecule has 0 bridgehead atoms. The van der Waals surface area contributed by atoms with Gasteiger partial charge >= 0.3 is 4.87 Å². The van der Waals surface area contributed by atoms with E-state index in [1.165, 1.54) is 0 Å². The van der Waals surface area contributed by atoms with Crippen LogP contribution in [-0.2, 0) is 15.8 Å². The number of hydrogen-bond acceptors (Lipinski definition) is 4. The third-order valence-corrected chi connectivity index (χ3v) is 5.78. The normalized spacial score (nSPS) is 12.0. The zero-order valence-corrected chi connectivity index (χ0v) is 15.0. The van der Waals surface area contributed by atoms with Crippen LogP contribution in [0, 0.1) is 0 Å². The molecule has 1 N–H and O–H groups in total. The molecule has 0 atom stereocenters. The summed E-state index contributed by atoms with van der Waals surface area (Å²) in [6.07, 6.45) is 0. The van der Waals surface area contributed by atoms with Crippen molar-refractivity contribution in [3.63, 3.8) is 0 Å². The fraction of sp³-hybridized carbons (Fsp3) is 0.235. The van der Waals surface area contributed by atoms with Crippen molar-refractivity contribution in [1.82, 2.24) is 4.57 Å². The second kappa shape index (κ2) is 6.41. The topological polar surface area (TPSA) is 68.2 Å². The smallest absolute Gasteiger partial charge is 0.296 e. The molecule has 0 aliphatic rings. The quantitative estimate of drug-likeness (QED) is 0.754. The zero-order chi connectivity index (χ0) is 17.3. The molecule has 5 nitrogen and oxygen atoms in total. The number of aromatic nitrogens is 1. The Morgan fingerprint density at radius 2 is 1.83 bits per heavy atom. The highest BCUT2D eigenvalue weighted by atomic mass is 32.2. The van der Waals surface area contributed by atoms with Gasteiger partial charge in [-0.15, -0.1) is 0 Å². The molecule has 0 amide bonds. The van der Waals surface area contributed by atoms with Crippen molar-refractivity contribution in [3.05, 3.63) is 63.8 Å². The molecular weight excluding hydrogens is 344 g/mol. The number of rotatable bonds is 5. The summed E-state index contributed by atoms with van der Waals surface area (Å²) in [6.45, 7) is 3.90. The van der Waals surface area contributed by atoms with E-state index in [-0.39, 0.29) is 16.7 Å². The molecule has 3 rings (SSSR count). The molecule has 0 aliphatic carbocycles. The van der Waals surface area contributed by atoms with E-state index in [0.29, 0.717) is 5.69 Å². The first-order valence-corrected chi connectivity index (χ1v) is 10.0. The molecule has 0 spiro atoms. The lowest BCUT2D eigenvalue weighted by atomic mass is 10.2. The van der Waals surface area contributed by atoms with Crippen LogP contribution in [0.4, 0.5) is 5.69 Å². The summed E-state index contributed by atoms with van der Waals surface area (Å²) in [6, 6.07) is 14.3. The van der Waals surface area contributed by atoms with Gasteiger partial charge in [-0.1, -0.05) is 41.7 Å². The molecule has 1 aromatic heterocycles. The van der Waals surface area contributed by atoms with Crippen LogP contribution in [0.15, 0.2) is 53.3 Å². The fourth-order valence-electron chi connectivity index (χ4n) is 2.60. The molecule has 126 valence electrons. The summed E-state index contributed by atoms with van der Waals surface area (Å²) in [5.41, 5.74) is 2.02. The Bertz CT molecular complexity index is 1020. The van der Waals surface area contributed by atoms with Crippen molar-refractivity contribution >= 4 is 37.3 Å². The van der Waals surface area contributed by atoms with Crippen LogP contribution in [0.3, 0.4) is 0 Å². The van der Waals surface area contributed by atoms with E-state index in [1.54, 1.807) is 34.9 Å². The summed E-state index contributed by atoms with van der Waals surface area (Å²) >= 11 is 1.12. The predicted molar refractivity (Wildman–Crippen MR) is 99.2 cm³/mol. The Hall–Kier alpha value is -2.12. The molecule has 0 radical (unpaired) electrons. The lowest BCUT2D eigenvalue weighted by Crippen LogP contribution is -2.15. The van der Waals surface area contributed by atoms with Crippen LogP contribution in [0.2, 0.25) is 0 Å². The van der Waals surface area contributed by atoms with Crippen molar-refractivity contribution < 1.29 is 8.42 Å². The van der Waals surface area contributed by atoms with Crippen LogP contribution in [0.5, 0.6) is 0 Å². The fourth-order valence-corrected chi connectivity index (χ4v) is 4.84. The first-order valence-electron chi connectivity index (χ1n) is 7.55. The maximum Gasteiger partial charge on any atom is 0.308 e. The van der Waals surface area contributed by atoms with E-state index in [9.17, 15) is 13.2 Å². The molecule has 0 unspecified atom stereocenters. The van der Waals surface area contributed by atoms with Gasteiger partial charge in [0.15, 0.2) is 0 Å². The summed E-state index contributed by atoms with van der Waals surface area (Å²) < 4.78 is 29.7. The van der Waals surface area contributed by atoms with Gasteiger partial charge in [0.25, 0.3) is 0 Å². The van der Waals surface area contributed by atoms with Crippen LogP contribution >= 0.6 is 11.3 Å². The number of thiazole rings is 1. The molecule has 0 fully saturated rings. The van der Waals surface area contributed by atoms with Crippen molar-refractivity contribution in [1.29, 1.82) is 0 Å². The summed E-state index contributed by atoms with van der Waals surface area (Å²) in [7, 11) is -3.51. The molecule has 24 heavy (non-hydrogen) atoms. The summed E-state index contributed by atoms with van der Waals surface area (Å²) in [4.78, 5) is 12.0. The first-order chi connectivity index (χ1) is 11.4. The van der Waals surface area contributed by atoms with Gasteiger partial charge in [0, 0.05) is 6.04 Å². The summed E-state index contributed by atoms with van der Waals surface area (Å²) in [5, 5.41) is 0. The standard InChI is InChI=1S/C17H18N2O3S2/c1-12(2)19-15-9-8-14(10-16(15)23-17(19)20)18-24(21,22)11-13-6-4-3-5-7-13/h3-10,12,18H,11H2,1-2H3. The molecule has 7 heteroatoms. The first kappa shape index (κ1) is 16.7. The Morgan fingerprint density at radius 1 is 1.12 bits per heavy atom. The number of nitrogens with zero attached hydrogens (tertiary/aromatic N) is 1. The lowest BCUT2D eigenvalue weighted by Gasteiger charge is -2.10. The maximum atomic E-state index is 12.3. The highest BCUT2D eigenvalue weighted by molar-refractivity contribution is 7.91. The van der Waals surface area contributed by atoms with Crippen molar-refractivity contribution in [3.8, 4) is 0 Å². The largest absolute Gasteiger partial charge is 0.308 e. The third-order valence-electron chi connectivity index (χ3n) is 3.60. The number of sulfonamides is 1. The third kappa shape index (κ3) is 3.52. The van der Waals surface area contributed by atoms with Gasteiger partial charge in [0.2, 0.25) is 10.0 Å². The van der Waals surface area contributed by atoms with E-state index in [4.69, 9.17) is 0 Å². The zero-order valence-electron chi connectivity index (χ0n) is 13.4. The lowest BCUT2D eigenvalue weighted by molar-refractivity contribution is 0.600. The molecule has 0 aliphatic heterocycles. The minimum atomic E-state index is -3.51. The Kier molecular flexibility index (Phi) is 4.47. The molecular formula is C17H18N2O3S2. The minimum Gasteiger partial charge on any atom is -0.296 e. The second-order valence-electron chi connectivity index (χ2n) is 5.86. The van der Waals surface area contributed by atoms with Gasteiger partial charge < -0.3 is 0 Å². The van der Waals surface area contributed by atoms with Crippen LogP contribution in [0.25, 0.3) is 10.2 Å². The van der Waals surface area contributed by atoms with Crippen molar-refractivity contribution in [2.75, 3.05) is 4.72 Å². The van der Waals surface area contributed by atoms with Crippen LogP contribution in [0.1, 0.15) is 25.5 Å². The number of anilines is 1. The highest BCUT2D eigenvalue weighted by Crippen LogP contribution is 2.25. The average Bonchev–Trinajstić information content (AvgIpc) is 2.82. The molecule has 1 heterocycles. The number of hydrogen-bond donors (Lipinski definition) is 1. The van der Waals surface area contributed by atoms with Gasteiger partial charge in [0.1, 0.15) is 0 Å². The van der Waals surface area contributed by atoms with Crippen LogP contribution in [-0.4, -0.2) is 13.0 Å². The van der Waals surface area contributed by atoms with Crippen molar-refractivity contribution in [2.24, 2.45) is 0 Å². The molecule has 0 saturated carbocycles. The van der Waals surface area contributed by atoms with Gasteiger partial charge in [0.05, 0.1) is 21.7 Å². The average molecular weight is 362 g/mol. The summed E-state index contributed by atoms with van der Waals surface area (Å²) in [5.74, 6) is -0.0882. The Labute approximate surface area is 144 Å². The van der Waals surface area contributed by atoms with Gasteiger partial charge in [-0.2, -0.15) is 0 Å². The van der Waals surface area contributed by atoms with E-state index < -0.39 is 10.0 Å². The van der Waals surface area contributed by atoms with Gasteiger partial charge in [-0.3, -0.25) is 14.1 Å². The number of benzene rings is 2. The highest BCUT2D eigenvalue weighted by Gasteiger charge is 2.14. The van der Waals surface area contributed by atoms with Crippen LogP contribution < -0.4 is 9.60 Å². The van der Waals surface area contributed by atoms with E-state index in [1.807, 2.05) is 32.0 Å². The van der Waals surface area contributed by atoms with E-state index >= 15 is 0 Å². The van der Waals surface area contributed by atoms with Gasteiger partial charge in [-0.05, 0) is 37.6 Å². The number of nitrogens with one attached hydrogen (secondary N) is 1. The predicted octanol–water partition coefficient (Wildman–Crippen LogP) is 3.59. The minimum absolute atomic E-state index is 0.0377. The van der Waals surface area contributed by atoms with E-state index in [0.717, 1.165) is 27.1 Å². The molecule has 0 saturated heterocycles. The molecule has 2 aromatic carbocycles. The SMILES string of the molecule is CC(C)n1c(=O)sc2cc(NS(=O)(=O)Cc3ccccc3)ccc21. The number of fused-ring (bicyclic) bond motifs is 1. The monoisotopic (exact) mass is 362 g/mol. The Morgan fingerprint density at radius 3 is 2.50 bits per heavy atom.